The van der Waals surface area contributed by atoms with E-state index >= 15 is 0 Å². The number of methoxy groups -OCH3 is 2. The molecule has 5 rings (SSSR count). The number of ether oxygens (including phenoxy) is 4. The van der Waals surface area contributed by atoms with E-state index in [1.165, 1.54) is 10.5 Å². The highest BCUT2D eigenvalue weighted by molar-refractivity contribution is 7.90. The summed E-state index contributed by atoms with van der Waals surface area (Å²) in [5, 5.41) is 0. The van der Waals surface area contributed by atoms with E-state index < -0.39 is 10.2 Å². The van der Waals surface area contributed by atoms with Crippen LogP contribution in [0.25, 0.3) is 28.5 Å². The predicted octanol–water partition coefficient (Wildman–Crippen LogP) is 2.28. The van der Waals surface area contributed by atoms with Gasteiger partial charge in [0, 0.05) is 19.2 Å². The number of imidazole rings is 1. The Balaban J connectivity index is 1.70. The average Bonchev–Trinajstić information content (AvgIpc) is 3.31. The molecule has 0 spiro atoms. The SMILES string of the molecule is CCOc1cccc(-c2nc3ncc(NS(=O)(=O)N4CCOCC4)nc3n2-c2c(OC)cccc2OC)n1. The monoisotopic (exact) mass is 541 g/mol. The quantitative estimate of drug-likeness (QED) is 0.335. The van der Waals surface area contributed by atoms with Crippen molar-refractivity contribution in [1.29, 1.82) is 0 Å². The molecule has 3 aromatic heterocycles. The molecule has 13 nitrogen and oxygen atoms in total. The van der Waals surface area contributed by atoms with Crippen LogP contribution in [0.2, 0.25) is 0 Å². The fourth-order valence-electron chi connectivity index (χ4n) is 4.09. The number of morpholine rings is 1. The van der Waals surface area contributed by atoms with Crippen molar-refractivity contribution in [3.05, 3.63) is 42.6 Å². The summed E-state index contributed by atoms with van der Waals surface area (Å²) in [6.07, 6.45) is 1.32. The van der Waals surface area contributed by atoms with Gasteiger partial charge in [-0.25, -0.2) is 19.9 Å². The van der Waals surface area contributed by atoms with Gasteiger partial charge in [0.1, 0.15) is 22.9 Å². The van der Waals surface area contributed by atoms with Crippen LogP contribution in [0.4, 0.5) is 5.82 Å². The van der Waals surface area contributed by atoms with E-state index in [0.29, 0.717) is 54.4 Å². The molecule has 1 aliphatic heterocycles. The van der Waals surface area contributed by atoms with Crippen molar-refractivity contribution in [2.75, 3.05) is 51.9 Å². The van der Waals surface area contributed by atoms with E-state index in [-0.39, 0.29) is 30.2 Å². The summed E-state index contributed by atoms with van der Waals surface area (Å²) < 4.78 is 53.6. The third-order valence-corrected chi connectivity index (χ3v) is 7.30. The molecule has 38 heavy (non-hydrogen) atoms. The first-order chi connectivity index (χ1) is 18.4. The van der Waals surface area contributed by atoms with Crippen molar-refractivity contribution in [2.24, 2.45) is 0 Å². The number of pyridine rings is 1. The number of rotatable bonds is 9. The van der Waals surface area contributed by atoms with Gasteiger partial charge in [-0.15, -0.1) is 0 Å². The first-order valence-corrected chi connectivity index (χ1v) is 13.3. The standard InChI is InChI=1S/C24H27N7O6S/c1-4-37-20-10-5-7-16(26-20)23-28-22-24(31(23)21-17(34-2)8-6-9-18(21)35-3)27-19(15-25-22)29-38(32,33)30-11-13-36-14-12-30/h5-10,15H,4,11-14H2,1-3H3,(H,27,29). The van der Waals surface area contributed by atoms with E-state index in [1.807, 2.05) is 6.92 Å². The molecule has 4 aromatic rings. The topological polar surface area (TPSA) is 143 Å². The highest BCUT2D eigenvalue weighted by Crippen LogP contribution is 2.38. The number of hydrogen-bond donors (Lipinski definition) is 1. The molecule has 1 saturated heterocycles. The molecule has 0 unspecified atom stereocenters. The third-order valence-electron chi connectivity index (χ3n) is 5.78. The van der Waals surface area contributed by atoms with E-state index in [4.69, 9.17) is 23.9 Å². The van der Waals surface area contributed by atoms with Gasteiger partial charge in [-0.2, -0.15) is 12.7 Å². The van der Waals surface area contributed by atoms with Crippen LogP contribution in [0.15, 0.2) is 42.6 Å². The highest BCUT2D eigenvalue weighted by atomic mass is 32.2. The van der Waals surface area contributed by atoms with Gasteiger partial charge >= 0.3 is 10.2 Å². The zero-order chi connectivity index (χ0) is 26.7. The summed E-state index contributed by atoms with van der Waals surface area (Å²) >= 11 is 0. The summed E-state index contributed by atoms with van der Waals surface area (Å²) in [6.45, 7) is 3.45. The van der Waals surface area contributed by atoms with Crippen LogP contribution in [0, 0.1) is 0 Å². The van der Waals surface area contributed by atoms with Crippen LogP contribution in [0.3, 0.4) is 0 Å². The van der Waals surface area contributed by atoms with Crippen LogP contribution in [0.1, 0.15) is 6.92 Å². The van der Waals surface area contributed by atoms with Gasteiger partial charge in [0.15, 0.2) is 22.9 Å². The molecule has 200 valence electrons. The van der Waals surface area contributed by atoms with Crippen LogP contribution >= 0.6 is 0 Å². The molecule has 1 N–H and O–H groups in total. The zero-order valence-corrected chi connectivity index (χ0v) is 21.9. The molecule has 1 aromatic carbocycles. The first-order valence-electron chi connectivity index (χ1n) is 11.9. The summed E-state index contributed by atoms with van der Waals surface area (Å²) in [5.74, 6) is 1.80. The zero-order valence-electron chi connectivity index (χ0n) is 21.1. The molecule has 0 aliphatic carbocycles. The lowest BCUT2D eigenvalue weighted by Crippen LogP contribution is -2.43. The lowest BCUT2D eigenvalue weighted by molar-refractivity contribution is 0.0733. The molecule has 4 heterocycles. The number of anilines is 1. The Morgan fingerprint density at radius 1 is 1.00 bits per heavy atom. The Hall–Kier alpha value is -4.01. The molecular formula is C24H27N7O6S. The normalized spacial score (nSPS) is 14.4. The molecule has 0 bridgehead atoms. The number of nitrogens with zero attached hydrogens (tertiary/aromatic N) is 6. The number of fused-ring (bicyclic) bond motifs is 1. The molecule has 1 fully saturated rings. The molecular weight excluding hydrogens is 514 g/mol. The van der Waals surface area contributed by atoms with Crippen LogP contribution in [-0.4, -0.2) is 84.4 Å². The van der Waals surface area contributed by atoms with E-state index in [1.54, 1.807) is 55.2 Å². The van der Waals surface area contributed by atoms with E-state index in [9.17, 15) is 8.42 Å². The molecule has 1 aliphatic rings. The second-order valence-electron chi connectivity index (χ2n) is 8.10. The number of aromatic nitrogens is 5. The van der Waals surface area contributed by atoms with Crippen LogP contribution in [0.5, 0.6) is 17.4 Å². The minimum Gasteiger partial charge on any atom is -0.494 e. The minimum absolute atomic E-state index is 0.0292. The van der Waals surface area contributed by atoms with Gasteiger partial charge in [-0.1, -0.05) is 12.1 Å². The second kappa shape index (κ2) is 10.8. The number of benzene rings is 1. The van der Waals surface area contributed by atoms with E-state index in [0.717, 1.165) is 0 Å². The summed E-state index contributed by atoms with van der Waals surface area (Å²) in [6, 6.07) is 10.7. The van der Waals surface area contributed by atoms with Gasteiger partial charge in [0.2, 0.25) is 5.88 Å². The molecule has 14 heteroatoms. The fourth-order valence-corrected chi connectivity index (χ4v) is 5.21. The van der Waals surface area contributed by atoms with Gasteiger partial charge in [-0.3, -0.25) is 9.29 Å². The minimum atomic E-state index is -3.87. The van der Waals surface area contributed by atoms with Gasteiger partial charge in [0.25, 0.3) is 0 Å². The molecule has 0 saturated carbocycles. The largest absolute Gasteiger partial charge is 0.494 e. The maximum absolute atomic E-state index is 13.0. The summed E-state index contributed by atoms with van der Waals surface area (Å²) in [4.78, 5) is 18.3. The van der Waals surface area contributed by atoms with E-state index in [2.05, 4.69) is 19.7 Å². The lowest BCUT2D eigenvalue weighted by Gasteiger charge is -2.26. The predicted molar refractivity (Wildman–Crippen MR) is 139 cm³/mol. The number of hydrogen-bond acceptors (Lipinski definition) is 10. The first kappa shape index (κ1) is 25.6. The lowest BCUT2D eigenvalue weighted by atomic mass is 10.2. The summed E-state index contributed by atoms with van der Waals surface area (Å²) in [7, 11) is -0.792. The van der Waals surface area contributed by atoms with Crippen molar-refractivity contribution in [2.45, 2.75) is 6.92 Å². The van der Waals surface area contributed by atoms with Crippen LogP contribution in [-0.2, 0) is 14.9 Å². The molecule has 0 atom stereocenters. The van der Waals surface area contributed by atoms with Gasteiger partial charge in [-0.05, 0) is 25.1 Å². The number of nitrogens with one attached hydrogen (secondary N) is 1. The van der Waals surface area contributed by atoms with Gasteiger partial charge < -0.3 is 18.9 Å². The highest BCUT2D eigenvalue weighted by Gasteiger charge is 2.27. The maximum Gasteiger partial charge on any atom is 0.303 e. The fraction of sp³-hybridized carbons (Fsp3) is 0.333. The second-order valence-corrected chi connectivity index (χ2v) is 9.77. The Bertz CT molecular complexity index is 1530. The third kappa shape index (κ3) is 4.92. The van der Waals surface area contributed by atoms with Crippen molar-refractivity contribution in [3.63, 3.8) is 0 Å². The van der Waals surface area contributed by atoms with Crippen LogP contribution < -0.4 is 18.9 Å². The Morgan fingerprint density at radius 3 is 2.39 bits per heavy atom. The Labute approximate surface area is 219 Å². The van der Waals surface area contributed by atoms with Gasteiger partial charge in [0.05, 0.1) is 40.2 Å². The van der Waals surface area contributed by atoms with Crippen molar-refractivity contribution in [3.8, 4) is 34.6 Å². The Morgan fingerprint density at radius 2 is 1.71 bits per heavy atom. The van der Waals surface area contributed by atoms with Crippen molar-refractivity contribution >= 4 is 27.3 Å². The maximum atomic E-state index is 13.0. The van der Waals surface area contributed by atoms with Crippen molar-refractivity contribution in [1.82, 2.24) is 28.8 Å². The molecule has 0 amide bonds. The smallest absolute Gasteiger partial charge is 0.303 e. The molecule has 0 radical (unpaired) electrons. The average molecular weight is 542 g/mol. The Kier molecular flexibility index (Phi) is 7.26. The van der Waals surface area contributed by atoms with Crippen molar-refractivity contribution < 1.29 is 27.4 Å². The number of para-hydroxylation sites is 1. The summed E-state index contributed by atoms with van der Waals surface area (Å²) in [5.41, 5.74) is 1.53.